The Balaban J connectivity index is 2.06. The molecule has 1 N–H and O–H groups in total. The Labute approximate surface area is 129 Å². The van der Waals surface area contributed by atoms with Crippen LogP contribution in [0.5, 0.6) is 0 Å². The largest absolute Gasteiger partial charge is 0.311 e. The summed E-state index contributed by atoms with van der Waals surface area (Å²) < 4.78 is 1.07. The maximum absolute atomic E-state index is 11.7. The summed E-state index contributed by atoms with van der Waals surface area (Å²) in [6.45, 7) is 2.23. The second kappa shape index (κ2) is 10.2. The number of pyridine rings is 1. The van der Waals surface area contributed by atoms with Crippen molar-refractivity contribution in [2.45, 2.75) is 58.3 Å². The minimum Gasteiger partial charge on any atom is -0.311 e. The van der Waals surface area contributed by atoms with Crippen LogP contribution in [-0.2, 0) is 4.79 Å². The zero-order valence-electron chi connectivity index (χ0n) is 11.6. The van der Waals surface area contributed by atoms with Gasteiger partial charge in [-0.3, -0.25) is 4.79 Å². The van der Waals surface area contributed by atoms with Gasteiger partial charge in [0.15, 0.2) is 0 Å². The molecule has 0 atom stereocenters. The Kier molecular flexibility index (Phi) is 8.79. The zero-order valence-corrected chi connectivity index (χ0v) is 13.8. The summed E-state index contributed by atoms with van der Waals surface area (Å²) in [6, 6.07) is 3.78. The first-order valence-corrected chi connectivity index (χ1v) is 8.21. The van der Waals surface area contributed by atoms with Crippen LogP contribution in [0.4, 0.5) is 5.82 Å². The number of nitrogens with one attached hydrogen (secondary N) is 1. The van der Waals surface area contributed by atoms with Crippen LogP contribution in [-0.4, -0.2) is 10.9 Å². The van der Waals surface area contributed by atoms with E-state index in [9.17, 15) is 4.79 Å². The number of halogens is 1. The highest BCUT2D eigenvalue weighted by molar-refractivity contribution is 14.1. The fourth-order valence-electron chi connectivity index (χ4n) is 1.90. The lowest BCUT2D eigenvalue weighted by atomic mass is 10.1. The summed E-state index contributed by atoms with van der Waals surface area (Å²) in [5.41, 5.74) is 0. The van der Waals surface area contributed by atoms with Crippen molar-refractivity contribution in [2.75, 3.05) is 5.32 Å². The Bertz CT molecular complexity index is 365. The van der Waals surface area contributed by atoms with Crippen molar-refractivity contribution in [3.05, 3.63) is 21.9 Å². The first-order valence-electron chi connectivity index (χ1n) is 7.13. The van der Waals surface area contributed by atoms with Gasteiger partial charge in [0.1, 0.15) is 5.82 Å². The number of hydrogen-bond acceptors (Lipinski definition) is 2. The molecule has 0 bridgehead atoms. The van der Waals surface area contributed by atoms with Crippen LogP contribution in [0.25, 0.3) is 0 Å². The monoisotopic (exact) mass is 374 g/mol. The van der Waals surface area contributed by atoms with Crippen LogP contribution in [0, 0.1) is 3.57 Å². The zero-order chi connectivity index (χ0) is 13.9. The van der Waals surface area contributed by atoms with Gasteiger partial charge in [0.05, 0.1) is 0 Å². The number of unbranched alkanes of at least 4 members (excludes halogenated alkanes) is 6. The van der Waals surface area contributed by atoms with Crippen LogP contribution in [0.2, 0.25) is 0 Å². The van der Waals surface area contributed by atoms with Crippen LogP contribution in [0.1, 0.15) is 58.3 Å². The lowest BCUT2D eigenvalue weighted by Gasteiger charge is -2.04. The molecule has 1 amide bonds. The standard InChI is InChI=1S/C15H23IN2O/c1-2-3-4-5-6-7-8-9-15(19)18-14-11-10-13(16)12-17-14/h10-12H,2-9H2,1H3,(H,17,18,19). The highest BCUT2D eigenvalue weighted by Crippen LogP contribution is 2.10. The van der Waals surface area contributed by atoms with Crippen molar-refractivity contribution >= 4 is 34.3 Å². The van der Waals surface area contributed by atoms with Gasteiger partial charge in [-0.15, -0.1) is 0 Å². The van der Waals surface area contributed by atoms with E-state index in [1.54, 1.807) is 6.20 Å². The van der Waals surface area contributed by atoms with E-state index in [0.717, 1.165) is 16.4 Å². The van der Waals surface area contributed by atoms with E-state index in [4.69, 9.17) is 0 Å². The number of nitrogens with zero attached hydrogens (tertiary/aromatic N) is 1. The minimum absolute atomic E-state index is 0.0715. The molecule has 4 heteroatoms. The van der Waals surface area contributed by atoms with E-state index in [-0.39, 0.29) is 5.91 Å². The summed E-state index contributed by atoms with van der Waals surface area (Å²) in [5, 5.41) is 2.83. The normalized spacial score (nSPS) is 10.4. The molecule has 1 aromatic rings. The van der Waals surface area contributed by atoms with Crippen LogP contribution >= 0.6 is 22.6 Å². The maximum atomic E-state index is 11.7. The predicted molar refractivity (Wildman–Crippen MR) is 88.2 cm³/mol. The van der Waals surface area contributed by atoms with Crippen LogP contribution < -0.4 is 5.32 Å². The summed E-state index contributed by atoms with van der Waals surface area (Å²) in [7, 11) is 0. The van der Waals surface area contributed by atoms with Crippen LogP contribution in [0.3, 0.4) is 0 Å². The fourth-order valence-corrected chi connectivity index (χ4v) is 2.22. The summed E-state index contributed by atoms with van der Waals surface area (Å²) in [6.07, 6.45) is 11.0. The average molecular weight is 374 g/mol. The molecule has 3 nitrogen and oxygen atoms in total. The van der Waals surface area contributed by atoms with Gasteiger partial charge in [-0.1, -0.05) is 45.4 Å². The van der Waals surface area contributed by atoms with Crippen molar-refractivity contribution < 1.29 is 4.79 Å². The number of carbonyl (C=O) groups is 1. The van der Waals surface area contributed by atoms with E-state index < -0.39 is 0 Å². The average Bonchev–Trinajstić information content (AvgIpc) is 2.40. The SMILES string of the molecule is CCCCCCCCCC(=O)Nc1ccc(I)cn1. The third-order valence-electron chi connectivity index (χ3n) is 3.00. The van der Waals surface area contributed by atoms with E-state index in [1.807, 2.05) is 12.1 Å². The van der Waals surface area contributed by atoms with Gasteiger partial charge in [-0.05, 0) is 41.1 Å². The number of carbonyl (C=O) groups excluding carboxylic acids is 1. The van der Waals surface area contributed by atoms with Crippen LogP contribution in [0.15, 0.2) is 18.3 Å². The minimum atomic E-state index is 0.0715. The summed E-state index contributed by atoms with van der Waals surface area (Å²) >= 11 is 2.20. The van der Waals surface area contributed by atoms with Gasteiger partial charge in [-0.25, -0.2) is 4.98 Å². The molecule has 0 spiro atoms. The Morgan fingerprint density at radius 1 is 1.16 bits per heavy atom. The molecule has 106 valence electrons. The first-order chi connectivity index (χ1) is 9.22. The second-order valence-corrected chi connectivity index (χ2v) is 6.03. The Morgan fingerprint density at radius 3 is 2.47 bits per heavy atom. The molecule has 0 fully saturated rings. The van der Waals surface area contributed by atoms with E-state index in [0.29, 0.717) is 12.2 Å². The highest BCUT2D eigenvalue weighted by Gasteiger charge is 2.02. The quantitative estimate of drug-likeness (QED) is 0.500. The van der Waals surface area contributed by atoms with Crippen molar-refractivity contribution in [3.8, 4) is 0 Å². The third-order valence-corrected chi connectivity index (χ3v) is 3.64. The molecule has 0 saturated heterocycles. The lowest BCUT2D eigenvalue weighted by Crippen LogP contribution is -2.12. The second-order valence-electron chi connectivity index (χ2n) is 4.78. The molecule has 0 unspecified atom stereocenters. The van der Waals surface area contributed by atoms with Crippen molar-refractivity contribution in [1.82, 2.24) is 4.98 Å². The fraction of sp³-hybridized carbons (Fsp3) is 0.600. The number of amides is 1. The summed E-state index contributed by atoms with van der Waals surface area (Å²) in [4.78, 5) is 15.8. The maximum Gasteiger partial charge on any atom is 0.225 e. The van der Waals surface area contributed by atoms with Gasteiger partial charge in [0, 0.05) is 16.2 Å². The number of rotatable bonds is 9. The molecule has 0 aromatic carbocycles. The molecule has 0 radical (unpaired) electrons. The lowest BCUT2D eigenvalue weighted by molar-refractivity contribution is -0.116. The Hall–Kier alpha value is -0.650. The molecule has 1 heterocycles. The van der Waals surface area contributed by atoms with Gasteiger partial charge in [0.25, 0.3) is 0 Å². The molecule has 0 aliphatic heterocycles. The summed E-state index contributed by atoms with van der Waals surface area (Å²) in [5.74, 6) is 0.718. The molecule has 0 saturated carbocycles. The number of aromatic nitrogens is 1. The van der Waals surface area contributed by atoms with Crippen molar-refractivity contribution in [3.63, 3.8) is 0 Å². The topological polar surface area (TPSA) is 42.0 Å². The van der Waals surface area contributed by atoms with E-state index in [2.05, 4.69) is 39.8 Å². The predicted octanol–water partition coefficient (Wildman–Crippen LogP) is 4.77. The first kappa shape index (κ1) is 16.4. The molecule has 1 aromatic heterocycles. The van der Waals surface area contributed by atoms with Gasteiger partial charge >= 0.3 is 0 Å². The highest BCUT2D eigenvalue weighted by atomic mass is 127. The number of hydrogen-bond donors (Lipinski definition) is 1. The van der Waals surface area contributed by atoms with Gasteiger partial charge in [-0.2, -0.15) is 0 Å². The third kappa shape index (κ3) is 8.18. The van der Waals surface area contributed by atoms with E-state index in [1.165, 1.54) is 32.1 Å². The smallest absolute Gasteiger partial charge is 0.225 e. The molecule has 0 aliphatic carbocycles. The number of anilines is 1. The molecular formula is C15H23IN2O. The Morgan fingerprint density at radius 2 is 1.84 bits per heavy atom. The molecule has 19 heavy (non-hydrogen) atoms. The molecular weight excluding hydrogens is 351 g/mol. The van der Waals surface area contributed by atoms with E-state index >= 15 is 0 Å². The van der Waals surface area contributed by atoms with Crippen molar-refractivity contribution in [2.24, 2.45) is 0 Å². The van der Waals surface area contributed by atoms with Gasteiger partial charge < -0.3 is 5.32 Å². The van der Waals surface area contributed by atoms with Gasteiger partial charge in [0.2, 0.25) is 5.91 Å². The molecule has 0 aliphatic rings. The molecule has 1 rings (SSSR count). The van der Waals surface area contributed by atoms with Crippen molar-refractivity contribution in [1.29, 1.82) is 0 Å².